The lowest BCUT2D eigenvalue weighted by atomic mass is 9.87. The van der Waals surface area contributed by atoms with Gasteiger partial charge in [0.1, 0.15) is 5.75 Å². The summed E-state index contributed by atoms with van der Waals surface area (Å²) >= 11 is 0. The van der Waals surface area contributed by atoms with E-state index in [9.17, 15) is 4.79 Å². The van der Waals surface area contributed by atoms with Gasteiger partial charge in [-0.3, -0.25) is 4.79 Å². The molecule has 0 N–H and O–H groups in total. The Hall–Kier alpha value is -1.57. The number of fused-ring (bicyclic) bond motifs is 2. The third kappa shape index (κ3) is 2.58. The van der Waals surface area contributed by atoms with Crippen LogP contribution in [-0.2, 0) is 0 Å². The largest absolute Gasteiger partial charge is 0.494 e. The second-order valence-corrected chi connectivity index (χ2v) is 5.63. The Kier molecular flexibility index (Phi) is 3.41. The van der Waals surface area contributed by atoms with Crippen molar-refractivity contribution in [2.24, 2.45) is 17.8 Å². The first kappa shape index (κ1) is 12.5. The van der Waals surface area contributed by atoms with Crippen LogP contribution in [0.1, 0.15) is 36.5 Å². The summed E-state index contributed by atoms with van der Waals surface area (Å²) in [5.41, 5.74) is 0.815. The zero-order chi connectivity index (χ0) is 13.2. The zero-order valence-electron chi connectivity index (χ0n) is 11.3. The summed E-state index contributed by atoms with van der Waals surface area (Å²) in [6.07, 6.45) is 7.79. The SMILES string of the molecule is CCOc1ccc(C(=O)CC2CC3C=CC2C3)cc1. The number of Topliss-reactive ketones (excluding diaryl/α,β-unsaturated/α-hetero) is 1. The monoisotopic (exact) mass is 256 g/mol. The first-order valence-electron chi connectivity index (χ1n) is 7.20. The number of carbonyl (C=O) groups is 1. The van der Waals surface area contributed by atoms with Crippen LogP contribution in [0.2, 0.25) is 0 Å². The average Bonchev–Trinajstić information content (AvgIpc) is 3.02. The predicted molar refractivity (Wildman–Crippen MR) is 75.4 cm³/mol. The van der Waals surface area contributed by atoms with E-state index in [1.54, 1.807) is 0 Å². The molecular weight excluding hydrogens is 236 g/mol. The van der Waals surface area contributed by atoms with Gasteiger partial charge in [-0.1, -0.05) is 12.2 Å². The van der Waals surface area contributed by atoms with Crippen molar-refractivity contribution in [3.8, 4) is 5.75 Å². The molecule has 3 rings (SSSR count). The molecule has 19 heavy (non-hydrogen) atoms. The minimum atomic E-state index is 0.272. The van der Waals surface area contributed by atoms with Gasteiger partial charge >= 0.3 is 0 Å². The molecule has 0 amide bonds. The Morgan fingerprint density at radius 1 is 1.21 bits per heavy atom. The molecule has 1 fully saturated rings. The molecule has 2 aliphatic rings. The first-order valence-corrected chi connectivity index (χ1v) is 7.20. The van der Waals surface area contributed by atoms with Gasteiger partial charge in [0, 0.05) is 12.0 Å². The fourth-order valence-corrected chi connectivity index (χ4v) is 3.39. The van der Waals surface area contributed by atoms with E-state index in [-0.39, 0.29) is 5.78 Å². The van der Waals surface area contributed by atoms with Crippen molar-refractivity contribution in [2.45, 2.75) is 26.2 Å². The van der Waals surface area contributed by atoms with E-state index in [1.165, 1.54) is 12.8 Å². The molecule has 0 spiro atoms. The molecule has 0 heterocycles. The third-order valence-electron chi connectivity index (χ3n) is 4.35. The summed E-state index contributed by atoms with van der Waals surface area (Å²) in [5, 5.41) is 0. The van der Waals surface area contributed by atoms with Crippen LogP contribution in [0.5, 0.6) is 5.75 Å². The maximum absolute atomic E-state index is 12.3. The van der Waals surface area contributed by atoms with Crippen LogP contribution in [0.3, 0.4) is 0 Å². The normalized spacial score (nSPS) is 27.7. The zero-order valence-corrected chi connectivity index (χ0v) is 11.3. The van der Waals surface area contributed by atoms with Gasteiger partial charge in [0.15, 0.2) is 5.78 Å². The highest BCUT2D eigenvalue weighted by molar-refractivity contribution is 5.96. The summed E-state index contributed by atoms with van der Waals surface area (Å²) in [6, 6.07) is 7.54. The van der Waals surface area contributed by atoms with Gasteiger partial charge < -0.3 is 4.74 Å². The first-order chi connectivity index (χ1) is 9.26. The quantitative estimate of drug-likeness (QED) is 0.590. The van der Waals surface area contributed by atoms with Crippen molar-refractivity contribution in [1.82, 2.24) is 0 Å². The van der Waals surface area contributed by atoms with Crippen LogP contribution in [0.15, 0.2) is 36.4 Å². The Morgan fingerprint density at radius 2 is 2.00 bits per heavy atom. The highest BCUT2D eigenvalue weighted by Gasteiger charge is 2.36. The van der Waals surface area contributed by atoms with Gasteiger partial charge in [0.25, 0.3) is 0 Å². The highest BCUT2D eigenvalue weighted by Crippen LogP contribution is 2.45. The molecule has 2 nitrogen and oxygen atoms in total. The average molecular weight is 256 g/mol. The van der Waals surface area contributed by atoms with Gasteiger partial charge in [-0.2, -0.15) is 0 Å². The van der Waals surface area contributed by atoms with Crippen LogP contribution >= 0.6 is 0 Å². The lowest BCUT2D eigenvalue weighted by Gasteiger charge is -2.17. The summed E-state index contributed by atoms with van der Waals surface area (Å²) in [4.78, 5) is 12.3. The molecule has 1 aromatic rings. The van der Waals surface area contributed by atoms with Gasteiger partial charge in [-0.05, 0) is 61.8 Å². The second kappa shape index (κ2) is 5.20. The maximum Gasteiger partial charge on any atom is 0.163 e. The van der Waals surface area contributed by atoms with Crippen molar-refractivity contribution >= 4 is 5.78 Å². The van der Waals surface area contributed by atoms with E-state index in [0.717, 1.165) is 17.2 Å². The van der Waals surface area contributed by atoms with E-state index in [4.69, 9.17) is 4.74 Å². The molecule has 1 aromatic carbocycles. The number of ketones is 1. The molecule has 100 valence electrons. The predicted octanol–water partition coefficient (Wildman–Crippen LogP) is 3.87. The van der Waals surface area contributed by atoms with Crippen molar-refractivity contribution in [3.63, 3.8) is 0 Å². The maximum atomic E-state index is 12.3. The van der Waals surface area contributed by atoms with Crippen LogP contribution in [0, 0.1) is 17.8 Å². The summed E-state index contributed by atoms with van der Waals surface area (Å²) in [5.74, 6) is 3.06. The van der Waals surface area contributed by atoms with E-state index in [0.29, 0.717) is 24.9 Å². The Labute approximate surface area is 114 Å². The van der Waals surface area contributed by atoms with Crippen LogP contribution < -0.4 is 4.74 Å². The van der Waals surface area contributed by atoms with Gasteiger partial charge in [0.05, 0.1) is 6.61 Å². The number of ether oxygens (including phenoxy) is 1. The summed E-state index contributed by atoms with van der Waals surface area (Å²) < 4.78 is 5.39. The molecular formula is C17H20O2. The van der Waals surface area contributed by atoms with Gasteiger partial charge in [-0.25, -0.2) is 0 Å². The molecule has 0 radical (unpaired) electrons. The Bertz CT molecular complexity index is 486. The van der Waals surface area contributed by atoms with Gasteiger partial charge in [-0.15, -0.1) is 0 Å². The smallest absolute Gasteiger partial charge is 0.163 e. The topological polar surface area (TPSA) is 26.3 Å². The molecule has 1 saturated carbocycles. The van der Waals surface area contributed by atoms with E-state index in [2.05, 4.69) is 12.2 Å². The number of carbonyl (C=O) groups excluding carboxylic acids is 1. The molecule has 0 aliphatic heterocycles. The van der Waals surface area contributed by atoms with E-state index >= 15 is 0 Å². The molecule has 2 heteroatoms. The van der Waals surface area contributed by atoms with Crippen LogP contribution in [-0.4, -0.2) is 12.4 Å². The molecule has 3 unspecified atom stereocenters. The fourth-order valence-electron chi connectivity index (χ4n) is 3.39. The fraction of sp³-hybridized carbons (Fsp3) is 0.471. The number of allylic oxidation sites excluding steroid dienone is 2. The van der Waals surface area contributed by atoms with Crippen molar-refractivity contribution in [1.29, 1.82) is 0 Å². The standard InChI is InChI=1S/C17H20O2/c1-2-19-16-7-5-13(6-8-16)17(18)11-15-10-12-3-4-14(15)9-12/h3-8,12,14-15H,2,9-11H2,1H3. The molecule has 2 aliphatic carbocycles. The number of hydrogen-bond acceptors (Lipinski definition) is 2. The Balaban J connectivity index is 1.62. The van der Waals surface area contributed by atoms with Crippen molar-refractivity contribution in [3.05, 3.63) is 42.0 Å². The lowest BCUT2D eigenvalue weighted by molar-refractivity contribution is 0.0954. The van der Waals surface area contributed by atoms with Crippen molar-refractivity contribution in [2.75, 3.05) is 6.61 Å². The summed E-state index contributed by atoms with van der Waals surface area (Å²) in [6.45, 7) is 2.62. The minimum Gasteiger partial charge on any atom is -0.494 e. The molecule has 3 atom stereocenters. The molecule has 2 bridgehead atoms. The summed E-state index contributed by atoms with van der Waals surface area (Å²) in [7, 11) is 0. The van der Waals surface area contributed by atoms with Gasteiger partial charge in [0.2, 0.25) is 0 Å². The molecule has 0 aromatic heterocycles. The third-order valence-corrected chi connectivity index (χ3v) is 4.35. The van der Waals surface area contributed by atoms with E-state index in [1.807, 2.05) is 31.2 Å². The lowest BCUT2D eigenvalue weighted by Crippen LogP contribution is -2.13. The Morgan fingerprint density at radius 3 is 2.58 bits per heavy atom. The van der Waals surface area contributed by atoms with E-state index < -0.39 is 0 Å². The van der Waals surface area contributed by atoms with Crippen LogP contribution in [0.4, 0.5) is 0 Å². The second-order valence-electron chi connectivity index (χ2n) is 5.63. The number of benzene rings is 1. The van der Waals surface area contributed by atoms with Crippen molar-refractivity contribution < 1.29 is 9.53 Å². The highest BCUT2D eigenvalue weighted by atomic mass is 16.5. The number of hydrogen-bond donors (Lipinski definition) is 0. The number of rotatable bonds is 5. The minimum absolute atomic E-state index is 0.272. The van der Waals surface area contributed by atoms with Crippen LogP contribution in [0.25, 0.3) is 0 Å². The molecule has 0 saturated heterocycles.